The molecule has 1 unspecified atom stereocenters. The molecule has 0 spiro atoms. The summed E-state index contributed by atoms with van der Waals surface area (Å²) in [6, 6.07) is 11.7. The van der Waals surface area contributed by atoms with E-state index in [1.165, 1.54) is 23.9 Å². The minimum absolute atomic E-state index is 0.127. The number of nitrogens with zero attached hydrogens (tertiary/aromatic N) is 3. The zero-order valence-electron chi connectivity index (χ0n) is 13.5. The van der Waals surface area contributed by atoms with E-state index in [0.29, 0.717) is 14.7 Å². The molecular formula is C17H13BrClFN4OS. The fourth-order valence-electron chi connectivity index (χ4n) is 2.14. The van der Waals surface area contributed by atoms with Crippen LogP contribution in [-0.4, -0.2) is 25.9 Å². The van der Waals surface area contributed by atoms with Crippen molar-refractivity contribution in [1.82, 2.24) is 14.8 Å². The number of aromatic nitrogens is 3. The summed E-state index contributed by atoms with van der Waals surface area (Å²) in [7, 11) is 0. The molecule has 3 rings (SSSR count). The first kappa shape index (κ1) is 18.9. The monoisotopic (exact) mass is 454 g/mol. The first-order valence-corrected chi connectivity index (χ1v) is 9.57. The Hall–Kier alpha value is -1.90. The first-order valence-electron chi connectivity index (χ1n) is 7.52. The highest BCUT2D eigenvalue weighted by atomic mass is 79.9. The summed E-state index contributed by atoms with van der Waals surface area (Å²) in [5.41, 5.74) is 0.915. The second-order valence-corrected chi connectivity index (χ2v) is 8.00. The number of carbonyl (C=O) groups is 1. The molecule has 0 aliphatic heterocycles. The fraction of sp³-hybridized carbons (Fsp3) is 0.118. The predicted octanol–water partition coefficient (Wildman–Crippen LogP) is 4.94. The van der Waals surface area contributed by atoms with Crippen LogP contribution in [0.2, 0.25) is 5.02 Å². The van der Waals surface area contributed by atoms with Crippen LogP contribution in [0, 0.1) is 5.82 Å². The number of rotatable bonds is 5. The topological polar surface area (TPSA) is 59.8 Å². The Balaban J connectivity index is 1.73. The van der Waals surface area contributed by atoms with Gasteiger partial charge in [-0.3, -0.25) is 9.36 Å². The van der Waals surface area contributed by atoms with E-state index in [1.807, 2.05) is 12.1 Å². The van der Waals surface area contributed by atoms with Crippen molar-refractivity contribution in [2.45, 2.75) is 17.3 Å². The average molecular weight is 456 g/mol. The quantitative estimate of drug-likeness (QED) is 0.554. The summed E-state index contributed by atoms with van der Waals surface area (Å²) in [4.78, 5) is 12.4. The Kier molecular flexibility index (Phi) is 5.95. The molecule has 1 atom stereocenters. The molecule has 2 aromatic carbocycles. The summed E-state index contributed by atoms with van der Waals surface area (Å²) in [5, 5.41) is 11.1. The van der Waals surface area contributed by atoms with E-state index in [0.717, 1.165) is 5.69 Å². The maximum absolute atomic E-state index is 13.9. The molecule has 3 aromatic rings. The minimum atomic E-state index is -0.514. The van der Waals surface area contributed by atoms with E-state index in [4.69, 9.17) is 11.6 Å². The van der Waals surface area contributed by atoms with E-state index in [1.54, 1.807) is 36.0 Å². The SMILES string of the molecule is CC(Sc1nncn1-c1cccc(Cl)c1)C(=O)Nc1ccc(Br)cc1F. The summed E-state index contributed by atoms with van der Waals surface area (Å²) >= 11 is 10.4. The molecule has 134 valence electrons. The first-order chi connectivity index (χ1) is 12.4. The van der Waals surface area contributed by atoms with E-state index >= 15 is 0 Å². The zero-order chi connectivity index (χ0) is 18.7. The number of benzene rings is 2. The largest absolute Gasteiger partial charge is 0.323 e. The van der Waals surface area contributed by atoms with Gasteiger partial charge in [0.15, 0.2) is 5.16 Å². The third-order valence-electron chi connectivity index (χ3n) is 3.44. The zero-order valence-corrected chi connectivity index (χ0v) is 16.6. The number of halogens is 3. The lowest BCUT2D eigenvalue weighted by atomic mass is 10.3. The molecule has 0 aliphatic rings. The maximum Gasteiger partial charge on any atom is 0.237 e. The highest BCUT2D eigenvalue weighted by molar-refractivity contribution is 9.10. The van der Waals surface area contributed by atoms with Crippen molar-refractivity contribution in [2.24, 2.45) is 0 Å². The van der Waals surface area contributed by atoms with Gasteiger partial charge in [-0.1, -0.05) is 45.4 Å². The Morgan fingerprint density at radius 2 is 2.15 bits per heavy atom. The molecule has 1 amide bonds. The van der Waals surface area contributed by atoms with Crippen LogP contribution >= 0.6 is 39.3 Å². The summed E-state index contributed by atoms with van der Waals surface area (Å²) in [6.07, 6.45) is 1.55. The second-order valence-electron chi connectivity index (χ2n) is 5.34. The Bertz CT molecular complexity index is 952. The molecule has 0 saturated heterocycles. The molecule has 0 saturated carbocycles. The van der Waals surface area contributed by atoms with Crippen LogP contribution in [0.5, 0.6) is 0 Å². The van der Waals surface area contributed by atoms with Crippen LogP contribution in [-0.2, 0) is 4.79 Å². The molecular weight excluding hydrogens is 443 g/mol. The van der Waals surface area contributed by atoms with Gasteiger partial charge < -0.3 is 5.32 Å². The van der Waals surface area contributed by atoms with Crippen molar-refractivity contribution >= 4 is 50.9 Å². The molecule has 0 bridgehead atoms. The normalized spacial score (nSPS) is 12.0. The summed E-state index contributed by atoms with van der Waals surface area (Å²) in [6.45, 7) is 1.72. The van der Waals surface area contributed by atoms with Gasteiger partial charge in [-0.2, -0.15) is 0 Å². The number of hydrogen-bond donors (Lipinski definition) is 1. The van der Waals surface area contributed by atoms with Crippen LogP contribution in [0.15, 0.2) is 58.4 Å². The molecule has 1 N–H and O–H groups in total. The summed E-state index contributed by atoms with van der Waals surface area (Å²) in [5.74, 6) is -0.844. The van der Waals surface area contributed by atoms with Crippen LogP contribution < -0.4 is 5.32 Å². The Morgan fingerprint density at radius 3 is 2.88 bits per heavy atom. The van der Waals surface area contributed by atoms with Crippen LogP contribution in [0.3, 0.4) is 0 Å². The number of anilines is 1. The molecule has 0 aliphatic carbocycles. The van der Waals surface area contributed by atoms with Crippen molar-refractivity contribution in [3.05, 3.63) is 64.1 Å². The fourth-order valence-corrected chi connectivity index (χ4v) is 3.50. The smallest absolute Gasteiger partial charge is 0.237 e. The molecule has 1 heterocycles. The number of hydrogen-bond acceptors (Lipinski definition) is 4. The number of nitrogens with one attached hydrogen (secondary N) is 1. The van der Waals surface area contributed by atoms with Crippen molar-refractivity contribution in [3.8, 4) is 5.69 Å². The van der Waals surface area contributed by atoms with E-state index in [9.17, 15) is 9.18 Å². The van der Waals surface area contributed by atoms with Gasteiger partial charge in [-0.15, -0.1) is 10.2 Å². The van der Waals surface area contributed by atoms with Gasteiger partial charge in [0.25, 0.3) is 0 Å². The van der Waals surface area contributed by atoms with Gasteiger partial charge in [-0.05, 0) is 43.3 Å². The van der Waals surface area contributed by atoms with Crippen molar-refractivity contribution in [1.29, 1.82) is 0 Å². The molecule has 5 nitrogen and oxygen atoms in total. The second kappa shape index (κ2) is 8.20. The lowest BCUT2D eigenvalue weighted by molar-refractivity contribution is -0.115. The van der Waals surface area contributed by atoms with Gasteiger partial charge >= 0.3 is 0 Å². The van der Waals surface area contributed by atoms with E-state index < -0.39 is 11.1 Å². The van der Waals surface area contributed by atoms with Gasteiger partial charge in [0.2, 0.25) is 5.91 Å². The predicted molar refractivity (Wildman–Crippen MR) is 104 cm³/mol. The minimum Gasteiger partial charge on any atom is -0.323 e. The van der Waals surface area contributed by atoms with Gasteiger partial charge in [0.1, 0.15) is 12.1 Å². The van der Waals surface area contributed by atoms with E-state index in [2.05, 4.69) is 31.4 Å². The van der Waals surface area contributed by atoms with Crippen molar-refractivity contribution in [3.63, 3.8) is 0 Å². The lowest BCUT2D eigenvalue weighted by Crippen LogP contribution is -2.23. The van der Waals surface area contributed by atoms with Crippen LogP contribution in [0.1, 0.15) is 6.92 Å². The van der Waals surface area contributed by atoms with Crippen molar-refractivity contribution in [2.75, 3.05) is 5.32 Å². The summed E-state index contributed by atoms with van der Waals surface area (Å²) < 4.78 is 16.2. The molecule has 0 fully saturated rings. The van der Waals surface area contributed by atoms with E-state index in [-0.39, 0.29) is 11.6 Å². The number of thioether (sulfide) groups is 1. The molecule has 9 heteroatoms. The Morgan fingerprint density at radius 1 is 1.35 bits per heavy atom. The van der Waals surface area contributed by atoms with Crippen LogP contribution in [0.25, 0.3) is 5.69 Å². The van der Waals surface area contributed by atoms with Gasteiger partial charge in [0.05, 0.1) is 16.6 Å². The van der Waals surface area contributed by atoms with Gasteiger partial charge in [-0.25, -0.2) is 4.39 Å². The molecule has 1 aromatic heterocycles. The standard InChI is InChI=1S/C17H13BrClFN4OS/c1-10(16(25)22-15-6-5-11(18)7-14(15)20)26-17-23-21-9-24(17)13-4-2-3-12(19)8-13/h2-10H,1H3,(H,22,25). The Labute approximate surface area is 167 Å². The lowest BCUT2D eigenvalue weighted by Gasteiger charge is -2.13. The van der Waals surface area contributed by atoms with Gasteiger partial charge in [0, 0.05) is 9.50 Å². The molecule has 26 heavy (non-hydrogen) atoms. The highest BCUT2D eigenvalue weighted by Gasteiger charge is 2.19. The third-order valence-corrected chi connectivity index (χ3v) is 5.23. The number of amides is 1. The molecule has 0 radical (unpaired) electrons. The highest BCUT2D eigenvalue weighted by Crippen LogP contribution is 2.26. The average Bonchev–Trinajstić information content (AvgIpc) is 3.05. The van der Waals surface area contributed by atoms with Crippen molar-refractivity contribution < 1.29 is 9.18 Å². The maximum atomic E-state index is 13.9. The number of carbonyl (C=O) groups excluding carboxylic acids is 1. The third kappa shape index (κ3) is 4.44. The van der Waals surface area contributed by atoms with Crippen LogP contribution in [0.4, 0.5) is 10.1 Å².